The predicted molar refractivity (Wildman–Crippen MR) is 123 cm³/mol. The lowest BCUT2D eigenvalue weighted by Gasteiger charge is -2.07. The van der Waals surface area contributed by atoms with Crippen molar-refractivity contribution in [1.29, 1.82) is 0 Å². The molecular weight excluding hydrogens is 332 g/mol. The van der Waals surface area contributed by atoms with Gasteiger partial charge in [0.15, 0.2) is 0 Å². The quantitative estimate of drug-likeness (QED) is 0.186. The molecule has 164 valence electrons. The van der Waals surface area contributed by atoms with Gasteiger partial charge in [0.05, 0.1) is 0 Å². The van der Waals surface area contributed by atoms with Gasteiger partial charge in [0, 0.05) is 0 Å². The zero-order valence-electron chi connectivity index (χ0n) is 18.8. The fourth-order valence-corrected chi connectivity index (χ4v) is 3.18. The van der Waals surface area contributed by atoms with Gasteiger partial charge in [-0.1, -0.05) is 46.0 Å². The lowest BCUT2D eigenvalue weighted by Crippen LogP contribution is -2.21. The molecule has 4 heteroatoms. The highest BCUT2D eigenvalue weighted by Crippen LogP contribution is 1.95. The Bertz CT molecular complexity index is 225. The zero-order valence-corrected chi connectivity index (χ0v) is 18.8. The molecule has 0 saturated carbocycles. The first-order valence-corrected chi connectivity index (χ1v) is 12.2. The Hall–Kier alpha value is -0.160. The van der Waals surface area contributed by atoms with Crippen LogP contribution in [0.2, 0.25) is 0 Å². The third-order valence-electron chi connectivity index (χ3n) is 5.04. The van der Waals surface area contributed by atoms with E-state index >= 15 is 0 Å². The molecule has 0 aromatic rings. The molecule has 0 aromatic heterocycles. The first-order valence-electron chi connectivity index (χ1n) is 12.2. The number of hydrogen-bond donors (Lipinski definition) is 4. The summed E-state index contributed by atoms with van der Waals surface area (Å²) in [6.07, 6.45) is 17.2. The molecule has 4 nitrogen and oxygen atoms in total. The second-order valence-electron chi connectivity index (χ2n) is 7.89. The summed E-state index contributed by atoms with van der Waals surface area (Å²) in [4.78, 5) is 0. The van der Waals surface area contributed by atoms with Gasteiger partial charge in [-0.2, -0.15) is 0 Å². The Balaban J connectivity index is 2.95. The van der Waals surface area contributed by atoms with Crippen molar-refractivity contribution in [1.82, 2.24) is 21.3 Å². The Labute approximate surface area is 171 Å². The third kappa shape index (κ3) is 25.8. The third-order valence-corrected chi connectivity index (χ3v) is 5.04. The van der Waals surface area contributed by atoms with E-state index in [9.17, 15) is 0 Å². The topological polar surface area (TPSA) is 48.1 Å². The first kappa shape index (κ1) is 26.8. The van der Waals surface area contributed by atoms with Crippen molar-refractivity contribution in [2.24, 2.45) is 0 Å². The van der Waals surface area contributed by atoms with Crippen LogP contribution in [0.4, 0.5) is 0 Å². The van der Waals surface area contributed by atoms with E-state index in [1.165, 1.54) is 136 Å². The molecule has 0 heterocycles. The molecule has 27 heavy (non-hydrogen) atoms. The molecule has 0 amide bonds. The van der Waals surface area contributed by atoms with Crippen LogP contribution < -0.4 is 21.3 Å². The molecule has 0 aliphatic rings. The summed E-state index contributed by atoms with van der Waals surface area (Å²) in [5, 5.41) is 14.2. The van der Waals surface area contributed by atoms with Crippen LogP contribution in [0.25, 0.3) is 0 Å². The van der Waals surface area contributed by atoms with E-state index in [-0.39, 0.29) is 0 Å². The molecule has 0 aliphatic carbocycles. The van der Waals surface area contributed by atoms with E-state index < -0.39 is 0 Å². The SMILES string of the molecule is CCCCCNCCCCNCCCCCNCCCCNCCCCC. The fourth-order valence-electron chi connectivity index (χ4n) is 3.18. The van der Waals surface area contributed by atoms with Crippen molar-refractivity contribution in [2.45, 2.75) is 97.3 Å². The fraction of sp³-hybridized carbons (Fsp3) is 1.00. The van der Waals surface area contributed by atoms with Crippen LogP contribution in [-0.2, 0) is 0 Å². The van der Waals surface area contributed by atoms with Gasteiger partial charge in [0.1, 0.15) is 0 Å². The lowest BCUT2D eigenvalue weighted by atomic mass is 10.2. The van der Waals surface area contributed by atoms with Gasteiger partial charge in [0.2, 0.25) is 0 Å². The van der Waals surface area contributed by atoms with E-state index in [4.69, 9.17) is 0 Å². The van der Waals surface area contributed by atoms with Gasteiger partial charge in [-0.3, -0.25) is 0 Å². The van der Waals surface area contributed by atoms with Crippen LogP contribution in [0.3, 0.4) is 0 Å². The molecule has 0 rings (SSSR count). The number of hydrogen-bond acceptors (Lipinski definition) is 4. The minimum absolute atomic E-state index is 1.18. The van der Waals surface area contributed by atoms with E-state index in [2.05, 4.69) is 35.1 Å². The Morgan fingerprint density at radius 1 is 0.296 bits per heavy atom. The van der Waals surface area contributed by atoms with E-state index in [0.29, 0.717) is 0 Å². The summed E-state index contributed by atoms with van der Waals surface area (Å²) in [5.74, 6) is 0. The average Bonchev–Trinajstić information content (AvgIpc) is 2.68. The van der Waals surface area contributed by atoms with Gasteiger partial charge >= 0.3 is 0 Å². The highest BCUT2D eigenvalue weighted by Gasteiger charge is 1.93. The van der Waals surface area contributed by atoms with Crippen LogP contribution in [0, 0.1) is 0 Å². The van der Waals surface area contributed by atoms with Crippen LogP contribution >= 0.6 is 0 Å². The van der Waals surface area contributed by atoms with Gasteiger partial charge in [-0.05, 0) is 104 Å². The summed E-state index contributed by atoms with van der Waals surface area (Å²) in [7, 11) is 0. The average molecular weight is 385 g/mol. The van der Waals surface area contributed by atoms with E-state index in [0.717, 1.165) is 0 Å². The number of nitrogens with one attached hydrogen (secondary N) is 4. The molecule has 0 aromatic carbocycles. The molecule has 0 unspecified atom stereocenters. The smallest absolute Gasteiger partial charge is 0.00484 e. The molecule has 4 N–H and O–H groups in total. The molecule has 0 fully saturated rings. The van der Waals surface area contributed by atoms with Crippen molar-refractivity contribution >= 4 is 0 Å². The number of unbranched alkanes of at least 4 members (excludes halogenated alkanes) is 8. The highest BCUT2D eigenvalue weighted by molar-refractivity contribution is 4.55. The minimum Gasteiger partial charge on any atom is -0.317 e. The molecule has 0 atom stereocenters. The van der Waals surface area contributed by atoms with Crippen molar-refractivity contribution in [3.05, 3.63) is 0 Å². The summed E-state index contributed by atoms with van der Waals surface area (Å²) in [6, 6.07) is 0. The second kappa shape index (κ2) is 25.8. The molecule has 0 bridgehead atoms. The summed E-state index contributed by atoms with van der Waals surface area (Å²) in [5.41, 5.74) is 0. The Morgan fingerprint density at radius 3 is 0.778 bits per heavy atom. The summed E-state index contributed by atoms with van der Waals surface area (Å²) < 4.78 is 0. The number of rotatable bonds is 24. The van der Waals surface area contributed by atoms with E-state index in [1.807, 2.05) is 0 Å². The van der Waals surface area contributed by atoms with Gasteiger partial charge in [-0.25, -0.2) is 0 Å². The largest absolute Gasteiger partial charge is 0.317 e. The summed E-state index contributed by atoms with van der Waals surface area (Å²) >= 11 is 0. The normalized spacial score (nSPS) is 11.3. The van der Waals surface area contributed by atoms with Crippen molar-refractivity contribution in [3.63, 3.8) is 0 Å². The van der Waals surface area contributed by atoms with E-state index in [1.54, 1.807) is 0 Å². The van der Waals surface area contributed by atoms with Crippen LogP contribution in [0.1, 0.15) is 97.3 Å². The predicted octanol–water partition coefficient (Wildman–Crippen LogP) is 4.46. The van der Waals surface area contributed by atoms with Crippen molar-refractivity contribution < 1.29 is 0 Å². The first-order chi connectivity index (χ1) is 13.4. The highest BCUT2D eigenvalue weighted by atomic mass is 14.9. The van der Waals surface area contributed by atoms with Gasteiger partial charge in [-0.15, -0.1) is 0 Å². The lowest BCUT2D eigenvalue weighted by molar-refractivity contribution is 0.533. The Morgan fingerprint density at radius 2 is 0.519 bits per heavy atom. The summed E-state index contributed by atoms with van der Waals surface area (Å²) in [6.45, 7) is 14.0. The van der Waals surface area contributed by atoms with Gasteiger partial charge in [0.25, 0.3) is 0 Å². The van der Waals surface area contributed by atoms with Crippen molar-refractivity contribution in [2.75, 3.05) is 52.4 Å². The molecule has 0 saturated heterocycles. The minimum atomic E-state index is 1.18. The molecule has 0 radical (unpaired) electrons. The zero-order chi connectivity index (χ0) is 19.7. The molecule has 0 aliphatic heterocycles. The Kier molecular flexibility index (Phi) is 25.7. The van der Waals surface area contributed by atoms with Crippen LogP contribution in [0.15, 0.2) is 0 Å². The maximum atomic E-state index is 3.58. The van der Waals surface area contributed by atoms with Crippen LogP contribution in [0.5, 0.6) is 0 Å². The maximum Gasteiger partial charge on any atom is -0.00484 e. The molecule has 0 spiro atoms. The van der Waals surface area contributed by atoms with Gasteiger partial charge < -0.3 is 21.3 Å². The second-order valence-corrected chi connectivity index (χ2v) is 7.89. The molecular formula is C23H52N4. The standard InChI is InChI=1S/C23H52N4/c1-3-5-8-16-24-20-12-14-22-26-18-10-7-11-19-27-23-15-13-21-25-17-9-6-4-2/h24-27H,3-23H2,1-2H3. The maximum absolute atomic E-state index is 3.58. The monoisotopic (exact) mass is 384 g/mol. The van der Waals surface area contributed by atoms with Crippen molar-refractivity contribution in [3.8, 4) is 0 Å². The van der Waals surface area contributed by atoms with Crippen LogP contribution in [-0.4, -0.2) is 52.4 Å².